The lowest BCUT2D eigenvalue weighted by molar-refractivity contribution is 0.102. The van der Waals surface area contributed by atoms with Gasteiger partial charge in [0.1, 0.15) is 5.75 Å². The van der Waals surface area contributed by atoms with Crippen LogP contribution in [0.25, 0.3) is 0 Å². The predicted octanol–water partition coefficient (Wildman–Crippen LogP) is 6.84. The molecule has 1 amide bonds. The van der Waals surface area contributed by atoms with E-state index in [2.05, 4.69) is 10.0 Å². The molecule has 0 radical (unpaired) electrons. The Balaban J connectivity index is 1.54. The monoisotopic (exact) mass is 512 g/mol. The van der Waals surface area contributed by atoms with Crippen molar-refractivity contribution in [2.45, 2.75) is 4.90 Å². The fourth-order valence-electron chi connectivity index (χ4n) is 3.07. The Morgan fingerprint density at radius 1 is 0.794 bits per heavy atom. The zero-order chi connectivity index (χ0) is 24.1. The molecule has 0 heterocycles. The van der Waals surface area contributed by atoms with Crippen LogP contribution in [0.2, 0.25) is 10.0 Å². The predicted molar refractivity (Wildman–Crippen MR) is 135 cm³/mol. The van der Waals surface area contributed by atoms with E-state index in [9.17, 15) is 13.2 Å². The first-order valence-corrected chi connectivity index (χ1v) is 12.3. The molecule has 0 saturated heterocycles. The molecule has 9 heteroatoms. The van der Waals surface area contributed by atoms with Crippen LogP contribution in [0, 0.1) is 0 Å². The van der Waals surface area contributed by atoms with Crippen LogP contribution in [0.5, 0.6) is 11.5 Å². The largest absolute Gasteiger partial charge is 0.455 e. The summed E-state index contributed by atoms with van der Waals surface area (Å²) in [6.45, 7) is 0. The molecule has 0 aliphatic heterocycles. The molecule has 0 bridgehead atoms. The number of nitrogens with one attached hydrogen (secondary N) is 2. The van der Waals surface area contributed by atoms with E-state index in [-0.39, 0.29) is 21.2 Å². The molecule has 4 aromatic carbocycles. The van der Waals surface area contributed by atoms with Gasteiger partial charge in [0.15, 0.2) is 5.75 Å². The fraction of sp³-hybridized carbons (Fsp3) is 0. The molecular weight excluding hydrogens is 495 g/mol. The number of halogens is 2. The smallest absolute Gasteiger partial charge is 0.261 e. The van der Waals surface area contributed by atoms with Crippen LogP contribution in [0.4, 0.5) is 11.4 Å². The summed E-state index contributed by atoms with van der Waals surface area (Å²) in [6.07, 6.45) is 0. The maximum Gasteiger partial charge on any atom is 0.261 e. The summed E-state index contributed by atoms with van der Waals surface area (Å²) in [5.41, 5.74) is 0.725. The van der Waals surface area contributed by atoms with E-state index in [4.69, 9.17) is 27.9 Å². The van der Waals surface area contributed by atoms with Crippen molar-refractivity contribution in [1.82, 2.24) is 0 Å². The van der Waals surface area contributed by atoms with Crippen LogP contribution in [-0.2, 0) is 10.0 Å². The third kappa shape index (κ3) is 5.69. The number of hydrogen-bond acceptors (Lipinski definition) is 4. The number of anilines is 2. The first kappa shape index (κ1) is 23.6. The average molecular weight is 513 g/mol. The zero-order valence-electron chi connectivity index (χ0n) is 17.5. The van der Waals surface area contributed by atoms with Gasteiger partial charge in [0, 0.05) is 5.02 Å². The van der Waals surface area contributed by atoms with E-state index in [1.165, 1.54) is 30.3 Å². The summed E-state index contributed by atoms with van der Waals surface area (Å²) >= 11 is 12.4. The SMILES string of the molecule is O=C(Nc1cc(Cl)ccc1Oc1ccccc1)c1ccc(NS(=O)(=O)c2ccccc2)cc1Cl. The molecule has 0 fully saturated rings. The fourth-order valence-corrected chi connectivity index (χ4v) is 4.58. The second-order valence-corrected chi connectivity index (χ2v) is 9.65. The third-order valence-electron chi connectivity index (χ3n) is 4.68. The van der Waals surface area contributed by atoms with Crippen molar-refractivity contribution < 1.29 is 17.9 Å². The molecule has 0 aromatic heterocycles. The zero-order valence-corrected chi connectivity index (χ0v) is 19.9. The number of para-hydroxylation sites is 1. The molecule has 34 heavy (non-hydrogen) atoms. The van der Waals surface area contributed by atoms with Gasteiger partial charge in [-0.1, -0.05) is 59.6 Å². The van der Waals surface area contributed by atoms with Gasteiger partial charge in [-0.05, 0) is 60.7 Å². The van der Waals surface area contributed by atoms with Gasteiger partial charge in [0.25, 0.3) is 15.9 Å². The van der Waals surface area contributed by atoms with Gasteiger partial charge in [0.2, 0.25) is 0 Å². The third-order valence-corrected chi connectivity index (χ3v) is 6.63. The van der Waals surface area contributed by atoms with E-state index < -0.39 is 15.9 Å². The Hall–Kier alpha value is -3.52. The highest BCUT2D eigenvalue weighted by molar-refractivity contribution is 7.92. The lowest BCUT2D eigenvalue weighted by Gasteiger charge is -2.14. The number of amides is 1. The van der Waals surface area contributed by atoms with Crippen molar-refractivity contribution in [1.29, 1.82) is 0 Å². The summed E-state index contributed by atoms with van der Waals surface area (Å²) in [5, 5.41) is 3.23. The Kier molecular flexibility index (Phi) is 7.07. The minimum Gasteiger partial charge on any atom is -0.455 e. The second kappa shape index (κ2) is 10.2. The molecule has 4 aromatic rings. The molecule has 0 saturated carbocycles. The maximum atomic E-state index is 12.9. The maximum absolute atomic E-state index is 12.9. The lowest BCUT2D eigenvalue weighted by atomic mass is 10.2. The molecule has 0 aliphatic rings. The van der Waals surface area contributed by atoms with Crippen molar-refractivity contribution in [3.05, 3.63) is 113 Å². The van der Waals surface area contributed by atoms with Crippen LogP contribution in [0.1, 0.15) is 10.4 Å². The number of rotatable bonds is 7. The Morgan fingerprint density at radius 2 is 1.47 bits per heavy atom. The molecule has 0 atom stereocenters. The van der Waals surface area contributed by atoms with Gasteiger partial charge in [-0.15, -0.1) is 0 Å². The molecule has 2 N–H and O–H groups in total. The van der Waals surface area contributed by atoms with E-state index >= 15 is 0 Å². The summed E-state index contributed by atoms with van der Waals surface area (Å²) in [5.74, 6) is 0.475. The minimum atomic E-state index is -3.79. The van der Waals surface area contributed by atoms with Crippen molar-refractivity contribution in [3.63, 3.8) is 0 Å². The van der Waals surface area contributed by atoms with Crippen LogP contribution < -0.4 is 14.8 Å². The highest BCUT2D eigenvalue weighted by Crippen LogP contribution is 2.33. The number of benzene rings is 4. The van der Waals surface area contributed by atoms with Gasteiger partial charge < -0.3 is 10.1 Å². The van der Waals surface area contributed by atoms with E-state index in [0.717, 1.165) is 0 Å². The first-order chi connectivity index (χ1) is 16.3. The molecule has 4 rings (SSSR count). The van der Waals surface area contributed by atoms with Gasteiger partial charge >= 0.3 is 0 Å². The molecule has 172 valence electrons. The van der Waals surface area contributed by atoms with Crippen molar-refractivity contribution >= 4 is 50.5 Å². The van der Waals surface area contributed by atoms with Gasteiger partial charge in [-0.3, -0.25) is 9.52 Å². The van der Waals surface area contributed by atoms with Crippen molar-refractivity contribution in [3.8, 4) is 11.5 Å². The summed E-state index contributed by atoms with van der Waals surface area (Å²) in [7, 11) is -3.79. The van der Waals surface area contributed by atoms with E-state index in [1.54, 1.807) is 48.5 Å². The Labute approximate surface area is 207 Å². The quantitative estimate of drug-likeness (QED) is 0.284. The molecular formula is C25H18Cl2N2O4S. The van der Waals surface area contributed by atoms with Crippen molar-refractivity contribution in [2.75, 3.05) is 10.0 Å². The van der Waals surface area contributed by atoms with Gasteiger partial charge in [-0.2, -0.15) is 0 Å². The van der Waals surface area contributed by atoms with Crippen LogP contribution in [0.3, 0.4) is 0 Å². The number of hydrogen-bond donors (Lipinski definition) is 2. The topological polar surface area (TPSA) is 84.5 Å². The molecule has 6 nitrogen and oxygen atoms in total. The number of carbonyl (C=O) groups is 1. The summed E-state index contributed by atoms with van der Waals surface area (Å²) < 4.78 is 33.4. The van der Waals surface area contributed by atoms with E-state index in [0.29, 0.717) is 22.2 Å². The highest BCUT2D eigenvalue weighted by Gasteiger charge is 2.17. The minimum absolute atomic E-state index is 0.0679. The van der Waals surface area contributed by atoms with Crippen LogP contribution >= 0.6 is 23.2 Å². The normalized spacial score (nSPS) is 11.0. The molecule has 0 unspecified atom stereocenters. The van der Waals surface area contributed by atoms with Crippen LogP contribution in [-0.4, -0.2) is 14.3 Å². The highest BCUT2D eigenvalue weighted by atomic mass is 35.5. The number of sulfonamides is 1. The lowest BCUT2D eigenvalue weighted by Crippen LogP contribution is -2.15. The Bertz CT molecular complexity index is 1430. The van der Waals surface area contributed by atoms with Gasteiger partial charge in [-0.25, -0.2) is 8.42 Å². The first-order valence-electron chi connectivity index (χ1n) is 10.0. The molecule has 0 spiro atoms. The number of carbonyl (C=O) groups excluding carboxylic acids is 1. The summed E-state index contributed by atoms with van der Waals surface area (Å²) in [6, 6.07) is 26.1. The standard InChI is InChI=1S/C25H18Cl2N2O4S/c26-17-11-14-24(33-19-7-3-1-4-8-19)23(15-17)28-25(30)21-13-12-18(16-22(21)27)29-34(31,32)20-9-5-2-6-10-20/h1-16,29H,(H,28,30). The Morgan fingerprint density at radius 3 is 2.15 bits per heavy atom. The summed E-state index contributed by atoms with van der Waals surface area (Å²) in [4.78, 5) is 13.0. The van der Waals surface area contributed by atoms with Gasteiger partial charge in [0.05, 0.1) is 26.9 Å². The van der Waals surface area contributed by atoms with Crippen LogP contribution in [0.15, 0.2) is 102 Å². The number of ether oxygens (including phenoxy) is 1. The van der Waals surface area contributed by atoms with Crippen molar-refractivity contribution in [2.24, 2.45) is 0 Å². The molecule has 0 aliphatic carbocycles. The van der Waals surface area contributed by atoms with E-state index in [1.807, 2.05) is 18.2 Å². The second-order valence-electron chi connectivity index (χ2n) is 7.12. The average Bonchev–Trinajstić information content (AvgIpc) is 2.82.